The van der Waals surface area contributed by atoms with Gasteiger partial charge in [0.25, 0.3) is 0 Å². The Morgan fingerprint density at radius 2 is 1.80 bits per heavy atom. The summed E-state index contributed by atoms with van der Waals surface area (Å²) in [5.74, 6) is 0.0894. The molecule has 0 atom stereocenters. The lowest BCUT2D eigenvalue weighted by Gasteiger charge is -2.18. The van der Waals surface area contributed by atoms with Crippen LogP contribution in [0.2, 0.25) is 0 Å². The summed E-state index contributed by atoms with van der Waals surface area (Å²) >= 11 is 0. The second-order valence-electron chi connectivity index (χ2n) is 8.46. The average Bonchev–Trinajstić information content (AvgIpc) is 3.47. The van der Waals surface area contributed by atoms with Crippen molar-refractivity contribution in [1.29, 1.82) is 5.26 Å². The highest BCUT2D eigenvalue weighted by atomic mass is 32.2. The van der Waals surface area contributed by atoms with Crippen LogP contribution < -0.4 is 4.72 Å². The molecule has 2 aromatic heterocycles. The van der Waals surface area contributed by atoms with E-state index in [-0.39, 0.29) is 22.3 Å². The van der Waals surface area contributed by atoms with E-state index in [1.54, 1.807) is 18.2 Å². The van der Waals surface area contributed by atoms with Crippen molar-refractivity contribution in [3.63, 3.8) is 0 Å². The van der Waals surface area contributed by atoms with Crippen molar-refractivity contribution in [1.82, 2.24) is 19.3 Å². The van der Waals surface area contributed by atoms with E-state index in [4.69, 9.17) is 0 Å². The predicted octanol–water partition coefficient (Wildman–Crippen LogP) is 4.48. The van der Waals surface area contributed by atoms with E-state index in [0.717, 1.165) is 38.1 Å². The number of halogens is 4. The Bertz CT molecular complexity index is 1340. The summed E-state index contributed by atoms with van der Waals surface area (Å²) in [6, 6.07) is 5.50. The van der Waals surface area contributed by atoms with Crippen LogP contribution in [0.1, 0.15) is 42.9 Å². The van der Waals surface area contributed by atoms with Gasteiger partial charge >= 0.3 is 0 Å². The summed E-state index contributed by atoms with van der Waals surface area (Å²) in [5.41, 5.74) is 1.70. The maximum Gasteiger partial charge on any atom is 0.244 e. The average molecular weight is 510 g/mol. The van der Waals surface area contributed by atoms with E-state index >= 15 is 0 Å². The minimum absolute atomic E-state index is 0.0000533. The van der Waals surface area contributed by atoms with Crippen LogP contribution in [0, 0.1) is 11.3 Å². The van der Waals surface area contributed by atoms with Gasteiger partial charge in [-0.3, -0.25) is 0 Å². The highest BCUT2D eigenvalue weighted by Gasteiger charge is 2.28. The smallest absolute Gasteiger partial charge is 0.244 e. The van der Waals surface area contributed by atoms with Crippen LogP contribution in [0.4, 0.5) is 17.6 Å². The summed E-state index contributed by atoms with van der Waals surface area (Å²) in [6.45, 7) is -2.43. The van der Waals surface area contributed by atoms with Crippen molar-refractivity contribution >= 4 is 20.9 Å². The van der Waals surface area contributed by atoms with Gasteiger partial charge < -0.3 is 4.57 Å². The first-order chi connectivity index (χ1) is 16.8. The van der Waals surface area contributed by atoms with Crippen molar-refractivity contribution in [3.8, 4) is 17.6 Å². The molecule has 4 rings (SSSR count). The Balaban J connectivity index is 1.84. The minimum Gasteiger partial charge on any atom is -0.334 e. The van der Waals surface area contributed by atoms with Crippen molar-refractivity contribution in [2.75, 3.05) is 13.3 Å². The first-order valence-corrected chi connectivity index (χ1v) is 12.6. The molecule has 1 aromatic carbocycles. The van der Waals surface area contributed by atoms with E-state index in [1.165, 1.54) is 0 Å². The van der Waals surface area contributed by atoms with E-state index in [2.05, 4.69) is 16.0 Å². The molecule has 1 fully saturated rings. The van der Waals surface area contributed by atoms with Gasteiger partial charge in [0, 0.05) is 17.8 Å². The fraction of sp³-hybridized carbons (Fsp3) is 0.435. The van der Waals surface area contributed by atoms with E-state index in [0.29, 0.717) is 22.2 Å². The Hall–Kier alpha value is -3.04. The van der Waals surface area contributed by atoms with Gasteiger partial charge in [-0.2, -0.15) is 5.26 Å². The number of rotatable bonds is 9. The van der Waals surface area contributed by atoms with Crippen molar-refractivity contribution in [2.45, 2.75) is 55.5 Å². The zero-order chi connectivity index (χ0) is 25.2. The molecule has 0 aliphatic heterocycles. The number of alkyl halides is 4. The molecule has 35 heavy (non-hydrogen) atoms. The van der Waals surface area contributed by atoms with Gasteiger partial charge in [-0.1, -0.05) is 25.0 Å². The molecule has 1 aliphatic carbocycles. The maximum atomic E-state index is 13.0. The molecule has 1 N–H and O–H groups in total. The quantitative estimate of drug-likeness (QED) is 0.429. The zero-order valence-electron chi connectivity index (χ0n) is 18.6. The lowest BCUT2D eigenvalue weighted by atomic mass is 10.1. The number of nitrogens with zero attached hydrogens (tertiary/aromatic N) is 4. The number of fused-ring (bicyclic) bond motifs is 1. The van der Waals surface area contributed by atoms with Crippen LogP contribution in [0.5, 0.6) is 0 Å². The van der Waals surface area contributed by atoms with Crippen molar-refractivity contribution in [2.24, 2.45) is 0 Å². The molecule has 12 heteroatoms. The van der Waals surface area contributed by atoms with Crippen LogP contribution >= 0.6 is 0 Å². The first kappa shape index (κ1) is 25.1. The van der Waals surface area contributed by atoms with Gasteiger partial charge in [0.2, 0.25) is 16.4 Å². The van der Waals surface area contributed by atoms with Gasteiger partial charge in [0.1, 0.15) is 30.0 Å². The zero-order valence-corrected chi connectivity index (χ0v) is 19.4. The number of hydrogen-bond donors (Lipinski definition) is 1. The van der Waals surface area contributed by atoms with Crippen molar-refractivity contribution in [3.05, 3.63) is 41.7 Å². The molecule has 0 spiro atoms. The van der Waals surface area contributed by atoms with Gasteiger partial charge in [-0.25, -0.2) is 40.7 Å². The second kappa shape index (κ2) is 10.3. The number of aromatic nitrogens is 3. The fourth-order valence-electron chi connectivity index (χ4n) is 4.50. The predicted molar refractivity (Wildman–Crippen MR) is 121 cm³/mol. The molecule has 1 saturated carbocycles. The van der Waals surface area contributed by atoms with Crippen molar-refractivity contribution < 1.29 is 26.0 Å². The third-order valence-corrected chi connectivity index (χ3v) is 7.58. The Morgan fingerprint density at radius 3 is 2.37 bits per heavy atom. The lowest BCUT2D eigenvalue weighted by Crippen LogP contribution is -2.38. The maximum absolute atomic E-state index is 13.0. The van der Waals surface area contributed by atoms with E-state index in [1.807, 2.05) is 9.29 Å². The summed E-state index contributed by atoms with van der Waals surface area (Å²) < 4.78 is 80.3. The van der Waals surface area contributed by atoms with Crippen LogP contribution in [0.25, 0.3) is 22.4 Å². The highest BCUT2D eigenvalue weighted by molar-refractivity contribution is 7.89. The SMILES string of the molecule is N#Cc1c(-c2ncc(S(=O)(=O)NC(CF)CF)cn2)n(C2CCCC2)c2cc(CC(F)F)ccc12. The summed E-state index contributed by atoms with van der Waals surface area (Å²) in [5, 5.41) is 10.5. The summed E-state index contributed by atoms with van der Waals surface area (Å²) in [4.78, 5) is 7.96. The molecule has 0 bridgehead atoms. The molecule has 7 nitrogen and oxygen atoms in total. The Labute approximate surface area is 199 Å². The van der Waals surface area contributed by atoms with Crippen LogP contribution in [0.15, 0.2) is 35.5 Å². The van der Waals surface area contributed by atoms with Gasteiger partial charge in [0.05, 0.1) is 29.5 Å². The normalized spacial score (nSPS) is 14.9. The molecule has 1 aliphatic rings. The molecular formula is C23H23F4N5O2S. The largest absolute Gasteiger partial charge is 0.334 e. The number of hydrogen-bond acceptors (Lipinski definition) is 5. The highest BCUT2D eigenvalue weighted by Crippen LogP contribution is 2.40. The standard InChI is InChI=1S/C23H23F4N5O2S/c24-9-15(10-25)31-35(33,34)17-12-29-23(30-13-17)22-19(11-28)18-6-5-14(8-21(26)27)7-20(18)32(22)16-3-1-2-4-16/h5-7,12-13,15-16,21,31H,1-4,8-10H2. The van der Waals surface area contributed by atoms with Crippen LogP contribution in [-0.4, -0.2) is 48.8 Å². The second-order valence-corrected chi connectivity index (χ2v) is 10.2. The Morgan fingerprint density at radius 1 is 1.14 bits per heavy atom. The summed E-state index contributed by atoms with van der Waals surface area (Å²) in [7, 11) is -4.26. The number of sulfonamides is 1. The topological polar surface area (TPSA) is 101 Å². The molecule has 0 unspecified atom stereocenters. The van der Waals surface area contributed by atoms with Crippen LogP contribution in [-0.2, 0) is 16.4 Å². The molecule has 2 heterocycles. The van der Waals surface area contributed by atoms with Gasteiger partial charge in [-0.05, 0) is 24.5 Å². The summed E-state index contributed by atoms with van der Waals surface area (Å²) in [6.07, 6.45) is 2.68. The molecular weight excluding hydrogens is 486 g/mol. The molecule has 0 radical (unpaired) electrons. The van der Waals surface area contributed by atoms with E-state index in [9.17, 15) is 31.2 Å². The van der Waals surface area contributed by atoms with Gasteiger partial charge in [0.15, 0.2) is 5.82 Å². The fourth-order valence-corrected chi connectivity index (χ4v) is 5.59. The molecule has 0 saturated heterocycles. The monoisotopic (exact) mass is 509 g/mol. The molecule has 3 aromatic rings. The van der Waals surface area contributed by atoms with Crippen LogP contribution in [0.3, 0.4) is 0 Å². The van der Waals surface area contributed by atoms with E-state index < -0.39 is 42.3 Å². The number of nitriles is 1. The molecule has 0 amide bonds. The Kier molecular flexibility index (Phi) is 7.37. The molecule has 186 valence electrons. The van der Waals surface area contributed by atoms with Gasteiger partial charge in [-0.15, -0.1) is 0 Å². The number of benzene rings is 1. The number of nitrogens with one attached hydrogen (secondary N) is 1. The minimum atomic E-state index is -4.26. The first-order valence-electron chi connectivity index (χ1n) is 11.1. The lowest BCUT2D eigenvalue weighted by molar-refractivity contribution is 0.149. The third-order valence-electron chi connectivity index (χ3n) is 6.10. The third kappa shape index (κ3) is 5.01.